The zero-order valence-corrected chi connectivity index (χ0v) is 19.5. The highest BCUT2D eigenvalue weighted by Gasteiger charge is 2.18. The molecule has 0 atom stereocenters. The van der Waals surface area contributed by atoms with Crippen LogP contribution in [-0.2, 0) is 0 Å². The van der Waals surface area contributed by atoms with Gasteiger partial charge in [0.05, 0.1) is 5.69 Å². The zero-order valence-electron chi connectivity index (χ0n) is 18.6. The predicted molar refractivity (Wildman–Crippen MR) is 135 cm³/mol. The lowest BCUT2D eigenvalue weighted by atomic mass is 10.1. The number of halogens is 1. The molecular formula is C26H29FN4OS. The Labute approximate surface area is 197 Å². The SMILES string of the molecule is O=C(NCCCCN1CCCN(c2csc3cc(F)ccc23)CC1)c1ccc2cc[nH]c2c1. The summed E-state index contributed by atoms with van der Waals surface area (Å²) in [6, 6.07) is 12.8. The first-order valence-electron chi connectivity index (χ1n) is 11.7. The summed E-state index contributed by atoms with van der Waals surface area (Å²) in [6.45, 7) is 5.88. The smallest absolute Gasteiger partial charge is 0.251 e. The minimum atomic E-state index is -0.171. The van der Waals surface area contributed by atoms with E-state index in [0.29, 0.717) is 12.1 Å². The molecule has 5 nitrogen and oxygen atoms in total. The average molecular weight is 465 g/mol. The lowest BCUT2D eigenvalue weighted by Gasteiger charge is -2.23. The summed E-state index contributed by atoms with van der Waals surface area (Å²) >= 11 is 1.62. The van der Waals surface area contributed by atoms with Crippen molar-refractivity contribution in [2.24, 2.45) is 0 Å². The number of aromatic nitrogens is 1. The number of hydrogen-bond donors (Lipinski definition) is 2. The number of anilines is 1. The normalized spacial score (nSPS) is 15.2. The second kappa shape index (κ2) is 9.93. The number of nitrogens with one attached hydrogen (secondary N) is 2. The standard InChI is InChI=1S/C26H29FN4OS/c27-21-6-7-22-24(18-33-25(22)17-21)31-13-3-12-30(14-15-31)11-2-1-9-29-26(32)20-5-4-19-8-10-28-23(19)16-20/h4-8,10,16-18,28H,1-3,9,11-15H2,(H,29,32). The second-order valence-corrected chi connectivity index (χ2v) is 9.60. The van der Waals surface area contributed by atoms with Gasteiger partial charge in [0, 0.05) is 58.9 Å². The Balaban J connectivity index is 1.06. The quantitative estimate of drug-likeness (QED) is 0.368. The molecule has 3 heterocycles. The maximum absolute atomic E-state index is 13.5. The van der Waals surface area contributed by atoms with Gasteiger partial charge in [0.15, 0.2) is 0 Å². The summed E-state index contributed by atoms with van der Waals surface area (Å²) in [6.07, 6.45) is 5.04. The van der Waals surface area contributed by atoms with E-state index in [0.717, 1.165) is 73.0 Å². The first kappa shape index (κ1) is 21.9. The van der Waals surface area contributed by atoms with Gasteiger partial charge in [0.25, 0.3) is 5.91 Å². The molecule has 1 amide bonds. The molecule has 0 aliphatic carbocycles. The topological polar surface area (TPSA) is 51.4 Å². The van der Waals surface area contributed by atoms with Crippen LogP contribution in [0.1, 0.15) is 29.6 Å². The van der Waals surface area contributed by atoms with Gasteiger partial charge in [-0.05, 0) is 74.1 Å². The van der Waals surface area contributed by atoms with Gasteiger partial charge in [0.2, 0.25) is 0 Å². The molecule has 0 unspecified atom stereocenters. The average Bonchev–Trinajstić information content (AvgIpc) is 3.39. The molecule has 2 aromatic heterocycles. The third-order valence-corrected chi connectivity index (χ3v) is 7.38. The van der Waals surface area contributed by atoms with Crippen molar-refractivity contribution in [2.45, 2.75) is 19.3 Å². The van der Waals surface area contributed by atoms with E-state index in [-0.39, 0.29) is 11.7 Å². The van der Waals surface area contributed by atoms with Crippen LogP contribution in [0.4, 0.5) is 10.1 Å². The fraction of sp³-hybridized carbons (Fsp3) is 0.346. The summed E-state index contributed by atoms with van der Waals surface area (Å²) in [5.41, 5.74) is 2.92. The number of aromatic amines is 1. The minimum absolute atomic E-state index is 0.0141. The molecular weight excluding hydrogens is 435 g/mol. The zero-order chi connectivity index (χ0) is 22.6. The van der Waals surface area contributed by atoms with Crippen LogP contribution < -0.4 is 10.2 Å². The second-order valence-electron chi connectivity index (χ2n) is 8.69. The van der Waals surface area contributed by atoms with Crippen LogP contribution in [0.15, 0.2) is 54.0 Å². The minimum Gasteiger partial charge on any atom is -0.369 e. The number of carbonyl (C=O) groups excluding carboxylic acids is 1. The number of unbranched alkanes of at least 4 members (excludes halogenated alkanes) is 1. The number of nitrogens with zero attached hydrogens (tertiary/aromatic N) is 2. The van der Waals surface area contributed by atoms with Crippen LogP contribution in [0.25, 0.3) is 21.0 Å². The van der Waals surface area contributed by atoms with Crippen molar-refractivity contribution in [1.82, 2.24) is 15.2 Å². The van der Waals surface area contributed by atoms with Crippen molar-refractivity contribution in [3.63, 3.8) is 0 Å². The number of fused-ring (bicyclic) bond motifs is 2. The summed E-state index contributed by atoms with van der Waals surface area (Å²) in [5.74, 6) is -0.185. The molecule has 0 saturated carbocycles. The number of thiophene rings is 1. The van der Waals surface area contributed by atoms with Crippen LogP contribution in [-0.4, -0.2) is 55.1 Å². The van der Waals surface area contributed by atoms with Gasteiger partial charge in [-0.1, -0.05) is 6.07 Å². The van der Waals surface area contributed by atoms with Crippen molar-refractivity contribution in [1.29, 1.82) is 0 Å². The molecule has 0 radical (unpaired) electrons. The highest BCUT2D eigenvalue weighted by molar-refractivity contribution is 7.17. The van der Waals surface area contributed by atoms with E-state index in [1.165, 1.54) is 5.69 Å². The number of benzene rings is 2. The fourth-order valence-corrected chi connectivity index (χ4v) is 5.62. The number of carbonyl (C=O) groups is 1. The monoisotopic (exact) mass is 464 g/mol. The van der Waals surface area contributed by atoms with Crippen LogP contribution in [0.5, 0.6) is 0 Å². The predicted octanol–water partition coefficient (Wildman–Crippen LogP) is 5.24. The Morgan fingerprint density at radius 3 is 2.94 bits per heavy atom. The summed E-state index contributed by atoms with van der Waals surface area (Å²) in [4.78, 5) is 20.5. The van der Waals surface area contributed by atoms with E-state index in [2.05, 4.69) is 25.5 Å². The van der Waals surface area contributed by atoms with E-state index in [1.807, 2.05) is 36.5 Å². The van der Waals surface area contributed by atoms with Gasteiger partial charge in [0.1, 0.15) is 5.82 Å². The Morgan fingerprint density at radius 2 is 2.00 bits per heavy atom. The number of rotatable bonds is 7. The van der Waals surface area contributed by atoms with Crippen molar-refractivity contribution in [2.75, 3.05) is 44.2 Å². The summed E-state index contributed by atoms with van der Waals surface area (Å²) < 4.78 is 14.5. The molecule has 2 aromatic carbocycles. The van der Waals surface area contributed by atoms with Crippen LogP contribution >= 0.6 is 11.3 Å². The van der Waals surface area contributed by atoms with E-state index in [4.69, 9.17) is 0 Å². The number of hydrogen-bond acceptors (Lipinski definition) is 4. The molecule has 172 valence electrons. The first-order valence-corrected chi connectivity index (χ1v) is 12.5. The number of H-pyrrole nitrogens is 1. The van der Waals surface area contributed by atoms with Gasteiger partial charge in [-0.2, -0.15) is 0 Å². The maximum Gasteiger partial charge on any atom is 0.251 e. The maximum atomic E-state index is 13.5. The molecule has 5 rings (SSSR count). The molecule has 1 aliphatic heterocycles. The van der Waals surface area contributed by atoms with E-state index in [1.54, 1.807) is 23.5 Å². The summed E-state index contributed by atoms with van der Waals surface area (Å²) in [7, 11) is 0. The first-order chi connectivity index (χ1) is 16.2. The Hall–Kier alpha value is -2.90. The van der Waals surface area contributed by atoms with Gasteiger partial charge >= 0.3 is 0 Å². The van der Waals surface area contributed by atoms with E-state index in [9.17, 15) is 9.18 Å². The largest absolute Gasteiger partial charge is 0.369 e. The fourth-order valence-electron chi connectivity index (χ4n) is 4.62. The van der Waals surface area contributed by atoms with Gasteiger partial charge in [-0.15, -0.1) is 11.3 Å². The molecule has 33 heavy (non-hydrogen) atoms. The molecule has 7 heteroatoms. The Morgan fingerprint density at radius 1 is 1.06 bits per heavy atom. The van der Waals surface area contributed by atoms with Crippen molar-refractivity contribution >= 4 is 43.9 Å². The van der Waals surface area contributed by atoms with E-state index >= 15 is 0 Å². The Bertz CT molecular complexity index is 1250. The van der Waals surface area contributed by atoms with Gasteiger partial charge < -0.3 is 20.1 Å². The molecule has 0 spiro atoms. The van der Waals surface area contributed by atoms with Crippen LogP contribution in [0, 0.1) is 5.82 Å². The lowest BCUT2D eigenvalue weighted by molar-refractivity contribution is 0.0952. The highest BCUT2D eigenvalue weighted by atomic mass is 32.1. The van der Waals surface area contributed by atoms with E-state index < -0.39 is 0 Å². The molecule has 0 bridgehead atoms. The number of amides is 1. The lowest BCUT2D eigenvalue weighted by Crippen LogP contribution is -2.31. The third-order valence-electron chi connectivity index (χ3n) is 6.45. The summed E-state index contributed by atoms with van der Waals surface area (Å²) in [5, 5.41) is 7.48. The highest BCUT2D eigenvalue weighted by Crippen LogP contribution is 2.34. The van der Waals surface area contributed by atoms with Crippen LogP contribution in [0.2, 0.25) is 0 Å². The molecule has 1 saturated heterocycles. The van der Waals surface area contributed by atoms with Gasteiger partial charge in [-0.3, -0.25) is 4.79 Å². The van der Waals surface area contributed by atoms with Crippen molar-refractivity contribution in [3.8, 4) is 0 Å². The molecule has 1 fully saturated rings. The Kier molecular flexibility index (Phi) is 6.60. The van der Waals surface area contributed by atoms with Crippen LogP contribution in [0.3, 0.4) is 0 Å². The van der Waals surface area contributed by atoms with Gasteiger partial charge in [-0.25, -0.2) is 4.39 Å². The molecule has 4 aromatic rings. The third kappa shape index (κ3) is 5.04. The van der Waals surface area contributed by atoms with Crippen molar-refractivity contribution in [3.05, 3.63) is 65.4 Å². The molecule has 1 aliphatic rings. The van der Waals surface area contributed by atoms with Crippen molar-refractivity contribution < 1.29 is 9.18 Å². The molecule has 2 N–H and O–H groups in total.